The van der Waals surface area contributed by atoms with Crippen molar-refractivity contribution in [3.63, 3.8) is 0 Å². The van der Waals surface area contributed by atoms with Gasteiger partial charge in [-0.1, -0.05) is 11.6 Å². The number of nitrogen functional groups attached to an aromatic ring is 1. The number of benzene rings is 1. The van der Waals surface area contributed by atoms with Crippen LogP contribution in [0.3, 0.4) is 0 Å². The molecule has 23 heavy (non-hydrogen) atoms. The Balaban J connectivity index is 1.87. The molecule has 0 aliphatic carbocycles. The molecule has 0 aliphatic heterocycles. The highest BCUT2D eigenvalue weighted by Gasteiger charge is 2.10. The van der Waals surface area contributed by atoms with E-state index < -0.39 is 0 Å². The number of aryl methyl sites for hydroxylation is 1. The van der Waals surface area contributed by atoms with Gasteiger partial charge in [0.2, 0.25) is 0 Å². The van der Waals surface area contributed by atoms with Gasteiger partial charge in [-0.15, -0.1) is 0 Å². The number of hydrogen-bond donors (Lipinski definition) is 3. The summed E-state index contributed by atoms with van der Waals surface area (Å²) in [5.41, 5.74) is 9.26. The molecule has 1 aromatic carbocycles. The van der Waals surface area contributed by atoms with Gasteiger partial charge >= 0.3 is 0 Å². The fourth-order valence-electron chi connectivity index (χ4n) is 2.06. The number of anilines is 5. The molecule has 7 heteroatoms. The summed E-state index contributed by atoms with van der Waals surface area (Å²) in [5, 5.41) is 7.01. The lowest BCUT2D eigenvalue weighted by Crippen LogP contribution is -2.05. The molecule has 4 N–H and O–H groups in total. The average molecular weight is 327 g/mol. The number of aromatic nitrogens is 3. The second-order valence-corrected chi connectivity index (χ2v) is 5.37. The molecule has 0 amide bonds. The summed E-state index contributed by atoms with van der Waals surface area (Å²) in [5.74, 6) is 1.04. The van der Waals surface area contributed by atoms with Gasteiger partial charge in [-0.25, -0.2) is 9.97 Å². The third kappa shape index (κ3) is 3.49. The number of nitrogens with two attached hydrogens (primary N) is 1. The molecule has 0 atom stereocenters. The zero-order valence-electron chi connectivity index (χ0n) is 12.4. The van der Waals surface area contributed by atoms with E-state index in [1.54, 1.807) is 12.4 Å². The monoisotopic (exact) mass is 326 g/mol. The van der Waals surface area contributed by atoms with E-state index in [9.17, 15) is 0 Å². The molecule has 0 fully saturated rings. The summed E-state index contributed by atoms with van der Waals surface area (Å²) in [4.78, 5) is 12.4. The first-order valence-electron chi connectivity index (χ1n) is 6.94. The van der Waals surface area contributed by atoms with Crippen molar-refractivity contribution in [2.75, 3.05) is 16.4 Å². The molecule has 0 saturated heterocycles. The molecule has 0 aliphatic rings. The number of halogens is 1. The van der Waals surface area contributed by atoms with Crippen LogP contribution in [0.4, 0.5) is 28.7 Å². The first-order valence-corrected chi connectivity index (χ1v) is 7.32. The van der Waals surface area contributed by atoms with Crippen molar-refractivity contribution < 1.29 is 0 Å². The minimum Gasteiger partial charge on any atom is -0.393 e. The average Bonchev–Trinajstić information content (AvgIpc) is 2.54. The molecule has 3 rings (SSSR count). The SMILES string of the molecule is Cc1cc(Cl)ccc1Nc1ncnc(Nc2cccnc2)c1N. The van der Waals surface area contributed by atoms with E-state index in [-0.39, 0.29) is 0 Å². The van der Waals surface area contributed by atoms with Crippen LogP contribution in [0.5, 0.6) is 0 Å². The van der Waals surface area contributed by atoms with Crippen LogP contribution >= 0.6 is 11.6 Å². The Morgan fingerprint density at radius 1 is 1.09 bits per heavy atom. The van der Waals surface area contributed by atoms with E-state index in [1.165, 1.54) is 6.33 Å². The Morgan fingerprint density at radius 3 is 2.57 bits per heavy atom. The summed E-state index contributed by atoms with van der Waals surface area (Å²) in [6.45, 7) is 1.96. The van der Waals surface area contributed by atoms with Crippen molar-refractivity contribution in [2.45, 2.75) is 6.92 Å². The quantitative estimate of drug-likeness (QED) is 0.673. The van der Waals surface area contributed by atoms with Crippen LogP contribution in [0.25, 0.3) is 0 Å². The van der Waals surface area contributed by atoms with Gasteiger partial charge in [0.25, 0.3) is 0 Å². The molecule has 6 nitrogen and oxygen atoms in total. The van der Waals surface area contributed by atoms with Gasteiger partial charge in [-0.2, -0.15) is 0 Å². The van der Waals surface area contributed by atoms with Crippen LogP contribution in [0.1, 0.15) is 5.56 Å². The van der Waals surface area contributed by atoms with Gasteiger partial charge in [0.05, 0.1) is 11.9 Å². The highest BCUT2D eigenvalue weighted by molar-refractivity contribution is 6.30. The van der Waals surface area contributed by atoms with E-state index >= 15 is 0 Å². The molecule has 2 heterocycles. The summed E-state index contributed by atoms with van der Waals surface area (Å²) in [7, 11) is 0. The second-order valence-electron chi connectivity index (χ2n) is 4.94. The van der Waals surface area contributed by atoms with Gasteiger partial charge < -0.3 is 16.4 Å². The largest absolute Gasteiger partial charge is 0.393 e. The molecule has 0 saturated carbocycles. The third-order valence-electron chi connectivity index (χ3n) is 3.25. The maximum Gasteiger partial charge on any atom is 0.159 e. The molecule has 0 spiro atoms. The van der Waals surface area contributed by atoms with Gasteiger partial charge in [0, 0.05) is 16.9 Å². The van der Waals surface area contributed by atoms with E-state index in [0.29, 0.717) is 22.3 Å². The Kier molecular flexibility index (Phi) is 4.25. The molecular weight excluding hydrogens is 312 g/mol. The minimum atomic E-state index is 0.422. The smallest absolute Gasteiger partial charge is 0.159 e. The Bertz CT molecular complexity index is 822. The molecular formula is C16H15ClN6. The first kappa shape index (κ1) is 15.1. The Morgan fingerprint density at radius 2 is 1.87 bits per heavy atom. The van der Waals surface area contributed by atoms with Crippen LogP contribution in [0, 0.1) is 6.92 Å². The van der Waals surface area contributed by atoms with E-state index in [1.807, 2.05) is 37.3 Å². The van der Waals surface area contributed by atoms with Crippen LogP contribution in [-0.4, -0.2) is 15.0 Å². The predicted molar refractivity (Wildman–Crippen MR) is 93.4 cm³/mol. The standard InChI is InChI=1S/C16H15ClN6/c1-10-7-11(17)4-5-13(10)23-16-14(18)15(20-9-21-16)22-12-3-2-6-19-8-12/h2-9H,18H2,1H3,(H2,20,21,22,23). The fraction of sp³-hybridized carbons (Fsp3) is 0.0625. The maximum absolute atomic E-state index is 6.16. The number of hydrogen-bond acceptors (Lipinski definition) is 6. The molecule has 0 bridgehead atoms. The summed E-state index contributed by atoms with van der Waals surface area (Å²) in [6, 6.07) is 9.27. The maximum atomic E-state index is 6.16. The Labute approximate surface area is 138 Å². The highest BCUT2D eigenvalue weighted by atomic mass is 35.5. The van der Waals surface area contributed by atoms with E-state index in [4.69, 9.17) is 17.3 Å². The normalized spacial score (nSPS) is 10.3. The summed E-state index contributed by atoms with van der Waals surface area (Å²) in [6.07, 6.45) is 4.84. The molecule has 3 aromatic rings. The summed E-state index contributed by atoms with van der Waals surface area (Å²) >= 11 is 5.97. The minimum absolute atomic E-state index is 0.422. The van der Waals surface area contributed by atoms with Crippen molar-refractivity contribution in [1.82, 2.24) is 15.0 Å². The zero-order valence-corrected chi connectivity index (χ0v) is 13.2. The van der Waals surface area contributed by atoms with Crippen molar-refractivity contribution in [2.24, 2.45) is 0 Å². The van der Waals surface area contributed by atoms with Crippen molar-refractivity contribution >= 4 is 40.3 Å². The third-order valence-corrected chi connectivity index (χ3v) is 3.48. The second kappa shape index (κ2) is 6.50. The number of rotatable bonds is 4. The lowest BCUT2D eigenvalue weighted by atomic mass is 10.2. The number of nitrogens with one attached hydrogen (secondary N) is 2. The molecule has 116 valence electrons. The van der Waals surface area contributed by atoms with Gasteiger partial charge in [0.15, 0.2) is 11.6 Å². The van der Waals surface area contributed by atoms with Crippen LogP contribution < -0.4 is 16.4 Å². The van der Waals surface area contributed by atoms with Crippen LogP contribution in [0.15, 0.2) is 49.1 Å². The lowest BCUT2D eigenvalue weighted by molar-refractivity contribution is 1.17. The zero-order chi connectivity index (χ0) is 16.2. The van der Waals surface area contributed by atoms with Crippen LogP contribution in [-0.2, 0) is 0 Å². The van der Waals surface area contributed by atoms with Gasteiger partial charge in [-0.3, -0.25) is 4.98 Å². The van der Waals surface area contributed by atoms with E-state index in [2.05, 4.69) is 25.6 Å². The Hall–Kier alpha value is -2.86. The molecule has 2 aromatic heterocycles. The fourth-order valence-corrected chi connectivity index (χ4v) is 2.29. The molecule has 0 unspecified atom stereocenters. The van der Waals surface area contributed by atoms with Crippen molar-refractivity contribution in [3.8, 4) is 0 Å². The van der Waals surface area contributed by atoms with Crippen molar-refractivity contribution in [1.29, 1.82) is 0 Å². The highest BCUT2D eigenvalue weighted by Crippen LogP contribution is 2.29. The molecule has 0 radical (unpaired) electrons. The predicted octanol–water partition coefficient (Wildman–Crippen LogP) is 3.90. The first-order chi connectivity index (χ1) is 11.1. The number of nitrogens with zero attached hydrogens (tertiary/aromatic N) is 3. The van der Waals surface area contributed by atoms with Gasteiger partial charge in [-0.05, 0) is 42.8 Å². The summed E-state index contributed by atoms with van der Waals surface area (Å²) < 4.78 is 0. The van der Waals surface area contributed by atoms with E-state index in [0.717, 1.165) is 16.9 Å². The van der Waals surface area contributed by atoms with Gasteiger partial charge in [0.1, 0.15) is 12.0 Å². The van der Waals surface area contributed by atoms with Crippen molar-refractivity contribution in [3.05, 3.63) is 59.6 Å². The topological polar surface area (TPSA) is 88.8 Å². The lowest BCUT2D eigenvalue weighted by Gasteiger charge is -2.13. The number of pyridine rings is 1. The van der Waals surface area contributed by atoms with Crippen LogP contribution in [0.2, 0.25) is 5.02 Å².